The van der Waals surface area contributed by atoms with Gasteiger partial charge in [-0.25, -0.2) is 0 Å². The second kappa shape index (κ2) is 5.98. The maximum atomic E-state index is 6.19. The number of hydrogen-bond donors (Lipinski definition) is 1. The minimum atomic E-state index is 0.843. The molecule has 0 bridgehead atoms. The van der Waals surface area contributed by atoms with Crippen molar-refractivity contribution >= 4 is 22.5 Å². The molecule has 2 aromatic rings. The van der Waals surface area contributed by atoms with E-state index in [0.29, 0.717) is 0 Å². The molecule has 1 fully saturated rings. The molecule has 1 aromatic heterocycles. The fraction of sp³-hybridized carbons (Fsp3) is 0.500. The summed E-state index contributed by atoms with van der Waals surface area (Å²) in [4.78, 5) is 0. The van der Waals surface area contributed by atoms with Gasteiger partial charge in [-0.1, -0.05) is 30.5 Å². The zero-order valence-corrected chi connectivity index (χ0v) is 12.0. The third kappa shape index (κ3) is 2.96. The molecule has 19 heavy (non-hydrogen) atoms. The van der Waals surface area contributed by atoms with Gasteiger partial charge in [0.25, 0.3) is 0 Å². The van der Waals surface area contributed by atoms with Gasteiger partial charge < -0.3 is 9.88 Å². The van der Waals surface area contributed by atoms with Crippen LogP contribution in [0.5, 0.6) is 0 Å². The van der Waals surface area contributed by atoms with Crippen molar-refractivity contribution in [2.75, 3.05) is 13.1 Å². The van der Waals surface area contributed by atoms with Crippen molar-refractivity contribution in [3.05, 3.63) is 35.5 Å². The van der Waals surface area contributed by atoms with E-state index in [0.717, 1.165) is 29.4 Å². The molecule has 0 atom stereocenters. The molecule has 1 aliphatic rings. The van der Waals surface area contributed by atoms with E-state index in [1.54, 1.807) is 0 Å². The van der Waals surface area contributed by atoms with Crippen LogP contribution in [0.25, 0.3) is 10.9 Å². The summed E-state index contributed by atoms with van der Waals surface area (Å²) in [7, 11) is 0. The first-order chi connectivity index (χ1) is 9.34. The molecule has 1 N–H and O–H groups in total. The topological polar surface area (TPSA) is 17.0 Å². The van der Waals surface area contributed by atoms with E-state index in [4.69, 9.17) is 11.6 Å². The highest BCUT2D eigenvalue weighted by Gasteiger charge is 2.13. The van der Waals surface area contributed by atoms with E-state index in [1.165, 1.54) is 37.7 Å². The van der Waals surface area contributed by atoms with Crippen LogP contribution >= 0.6 is 11.6 Å². The first kappa shape index (κ1) is 13.0. The molecular weight excluding hydrogens is 256 g/mol. The van der Waals surface area contributed by atoms with Crippen LogP contribution in [0.3, 0.4) is 0 Å². The van der Waals surface area contributed by atoms with Crippen LogP contribution in [0.1, 0.15) is 25.7 Å². The number of rotatable bonds is 5. The second-order valence-corrected chi connectivity index (χ2v) is 5.94. The highest BCUT2D eigenvalue weighted by Crippen LogP contribution is 2.24. The monoisotopic (exact) mass is 276 g/mol. The van der Waals surface area contributed by atoms with Crippen LogP contribution in [-0.4, -0.2) is 17.7 Å². The van der Waals surface area contributed by atoms with E-state index in [2.05, 4.69) is 28.2 Å². The lowest BCUT2D eigenvalue weighted by atomic mass is 10.1. The van der Waals surface area contributed by atoms with Gasteiger partial charge in [-0.15, -0.1) is 0 Å². The average Bonchev–Trinajstić information content (AvgIpc) is 3.05. The molecule has 2 nitrogen and oxygen atoms in total. The normalized spacial score (nSPS) is 16.5. The summed E-state index contributed by atoms with van der Waals surface area (Å²) >= 11 is 6.19. The second-order valence-electron chi connectivity index (χ2n) is 5.54. The van der Waals surface area contributed by atoms with Crippen LogP contribution in [0.2, 0.25) is 5.02 Å². The lowest BCUT2D eigenvalue weighted by molar-refractivity contribution is 0.478. The van der Waals surface area contributed by atoms with Gasteiger partial charge in [-0.05, 0) is 43.5 Å². The van der Waals surface area contributed by atoms with Crippen molar-refractivity contribution in [2.24, 2.45) is 5.92 Å². The third-order valence-corrected chi connectivity index (χ3v) is 4.53. The fourth-order valence-corrected chi connectivity index (χ4v) is 3.33. The molecule has 3 heteroatoms. The Morgan fingerprint density at radius 2 is 2.05 bits per heavy atom. The summed E-state index contributed by atoms with van der Waals surface area (Å²) in [6.45, 7) is 3.23. The van der Waals surface area contributed by atoms with E-state index >= 15 is 0 Å². The molecule has 0 saturated heterocycles. The highest BCUT2D eigenvalue weighted by atomic mass is 35.5. The summed E-state index contributed by atoms with van der Waals surface area (Å²) in [6, 6.07) is 8.21. The predicted molar refractivity (Wildman–Crippen MR) is 81.8 cm³/mol. The van der Waals surface area contributed by atoms with Crippen molar-refractivity contribution in [3.8, 4) is 0 Å². The molecule has 0 aliphatic heterocycles. The fourth-order valence-electron chi connectivity index (χ4n) is 3.10. The summed E-state index contributed by atoms with van der Waals surface area (Å²) in [6.07, 6.45) is 7.80. The minimum absolute atomic E-state index is 0.843. The first-order valence-electron chi connectivity index (χ1n) is 7.28. The number of benzene rings is 1. The average molecular weight is 277 g/mol. The zero-order chi connectivity index (χ0) is 13.1. The van der Waals surface area contributed by atoms with E-state index < -0.39 is 0 Å². The SMILES string of the molecule is Clc1cccc2c1ccn2CCNCC1CCCC1. The molecule has 0 spiro atoms. The minimum Gasteiger partial charge on any atom is -0.346 e. The van der Waals surface area contributed by atoms with Crippen LogP contribution in [0.4, 0.5) is 0 Å². The van der Waals surface area contributed by atoms with Gasteiger partial charge >= 0.3 is 0 Å². The van der Waals surface area contributed by atoms with Crippen molar-refractivity contribution in [2.45, 2.75) is 32.2 Å². The van der Waals surface area contributed by atoms with Gasteiger partial charge in [0.2, 0.25) is 0 Å². The standard InChI is InChI=1S/C16H21ClN2/c17-15-6-3-7-16-14(15)8-10-19(16)11-9-18-12-13-4-1-2-5-13/h3,6-8,10,13,18H,1-2,4-5,9,11-12H2. The van der Waals surface area contributed by atoms with Gasteiger partial charge in [0.1, 0.15) is 0 Å². The maximum Gasteiger partial charge on any atom is 0.0499 e. The quantitative estimate of drug-likeness (QED) is 0.815. The van der Waals surface area contributed by atoms with Gasteiger partial charge in [0.15, 0.2) is 0 Å². The molecule has 1 heterocycles. The van der Waals surface area contributed by atoms with Gasteiger partial charge in [-0.2, -0.15) is 0 Å². The largest absolute Gasteiger partial charge is 0.346 e. The number of nitrogens with zero attached hydrogens (tertiary/aromatic N) is 1. The van der Waals surface area contributed by atoms with Crippen LogP contribution < -0.4 is 5.32 Å². The van der Waals surface area contributed by atoms with E-state index in [-0.39, 0.29) is 0 Å². The maximum absolute atomic E-state index is 6.19. The summed E-state index contributed by atoms with van der Waals surface area (Å²) in [5.74, 6) is 0.913. The number of halogens is 1. The summed E-state index contributed by atoms with van der Waals surface area (Å²) in [5, 5.41) is 5.59. The molecule has 1 aliphatic carbocycles. The Kier molecular flexibility index (Phi) is 4.09. The Balaban J connectivity index is 1.55. The molecular formula is C16H21ClN2. The Labute approximate surface area is 119 Å². The van der Waals surface area contributed by atoms with Gasteiger partial charge in [0.05, 0.1) is 0 Å². The van der Waals surface area contributed by atoms with Crippen molar-refractivity contribution in [1.29, 1.82) is 0 Å². The Bertz CT molecular complexity index is 541. The van der Waals surface area contributed by atoms with Gasteiger partial charge in [0, 0.05) is 35.2 Å². The molecule has 3 rings (SSSR count). The highest BCUT2D eigenvalue weighted by molar-refractivity contribution is 6.35. The molecule has 1 aromatic carbocycles. The smallest absolute Gasteiger partial charge is 0.0499 e. The molecule has 0 radical (unpaired) electrons. The molecule has 1 saturated carbocycles. The number of aromatic nitrogens is 1. The molecule has 0 unspecified atom stereocenters. The van der Waals surface area contributed by atoms with Crippen LogP contribution in [0.15, 0.2) is 30.5 Å². The summed E-state index contributed by atoms with van der Waals surface area (Å²) in [5.41, 5.74) is 1.23. The number of fused-ring (bicyclic) bond motifs is 1. The van der Waals surface area contributed by atoms with Crippen LogP contribution in [0, 0.1) is 5.92 Å². The molecule has 102 valence electrons. The Morgan fingerprint density at radius 1 is 1.21 bits per heavy atom. The zero-order valence-electron chi connectivity index (χ0n) is 11.2. The lowest BCUT2D eigenvalue weighted by Crippen LogP contribution is -2.25. The third-order valence-electron chi connectivity index (χ3n) is 4.20. The lowest BCUT2D eigenvalue weighted by Gasteiger charge is -2.11. The number of nitrogens with one attached hydrogen (secondary N) is 1. The Morgan fingerprint density at radius 3 is 2.89 bits per heavy atom. The molecule has 0 amide bonds. The predicted octanol–water partition coefficient (Wildman–Crippen LogP) is 4.07. The summed E-state index contributed by atoms with van der Waals surface area (Å²) < 4.78 is 2.28. The first-order valence-corrected chi connectivity index (χ1v) is 7.66. The van der Waals surface area contributed by atoms with Crippen molar-refractivity contribution in [3.63, 3.8) is 0 Å². The number of hydrogen-bond acceptors (Lipinski definition) is 1. The van der Waals surface area contributed by atoms with Crippen molar-refractivity contribution < 1.29 is 0 Å². The van der Waals surface area contributed by atoms with E-state index in [9.17, 15) is 0 Å². The van der Waals surface area contributed by atoms with E-state index in [1.807, 2.05) is 12.1 Å². The van der Waals surface area contributed by atoms with Crippen LogP contribution in [-0.2, 0) is 6.54 Å². The Hall–Kier alpha value is -0.990. The van der Waals surface area contributed by atoms with Crippen molar-refractivity contribution in [1.82, 2.24) is 9.88 Å². The van der Waals surface area contributed by atoms with Gasteiger partial charge in [-0.3, -0.25) is 0 Å².